The van der Waals surface area contributed by atoms with Crippen molar-refractivity contribution in [1.82, 2.24) is 63.8 Å². The molecule has 1 aliphatic heterocycles. The zero-order chi connectivity index (χ0) is 69.5. The molecule has 16 N–H and O–H groups in total. The summed E-state index contributed by atoms with van der Waals surface area (Å²) >= 11 is 0. The molecule has 1 heterocycles. The topological polar surface area (TPSA) is 425 Å². The first-order valence-electron chi connectivity index (χ1n) is 32.4. The van der Waals surface area contributed by atoms with Crippen LogP contribution < -0.4 is 69.5 Å². The molecule has 93 heavy (non-hydrogen) atoms. The number of aliphatic hydroxyl groups excluding tert-OH is 2. The molecule has 1 saturated heterocycles. The highest BCUT2D eigenvalue weighted by Gasteiger charge is 2.41. The molecule has 0 unspecified atom stereocenters. The van der Waals surface area contributed by atoms with Gasteiger partial charge in [-0.15, -0.1) is 0 Å². The van der Waals surface area contributed by atoms with E-state index in [0.29, 0.717) is 45.2 Å². The molecular formula is C65H103N13O15. The summed E-state index contributed by atoms with van der Waals surface area (Å²) in [6, 6.07) is 3.67. The van der Waals surface area contributed by atoms with Crippen molar-refractivity contribution in [2.45, 2.75) is 213 Å². The van der Waals surface area contributed by atoms with Gasteiger partial charge in [0.25, 0.3) is 0 Å². The summed E-state index contributed by atoms with van der Waals surface area (Å²) in [5, 5.41) is 53.1. The van der Waals surface area contributed by atoms with Crippen LogP contribution in [0.15, 0.2) is 60.7 Å². The van der Waals surface area contributed by atoms with Crippen LogP contribution >= 0.6 is 0 Å². The molecule has 16 atom stereocenters. The number of rotatable bonds is 37. The number of likely N-dealkylation sites (N-methyl/N-ethyl adjacent to an activating group) is 1. The zero-order valence-electron chi connectivity index (χ0n) is 55.7. The van der Waals surface area contributed by atoms with Crippen molar-refractivity contribution < 1.29 is 72.5 Å². The third-order valence-electron chi connectivity index (χ3n) is 17.0. The highest BCUT2D eigenvalue weighted by atomic mass is 16.5. The summed E-state index contributed by atoms with van der Waals surface area (Å²) in [4.78, 5) is 166. The van der Waals surface area contributed by atoms with Crippen molar-refractivity contribution in [1.29, 1.82) is 0 Å². The Bertz CT molecular complexity index is 2780. The van der Waals surface area contributed by atoms with E-state index in [-0.39, 0.29) is 19.3 Å². The molecule has 0 saturated carbocycles. The van der Waals surface area contributed by atoms with E-state index in [1.54, 1.807) is 62.4 Å². The second kappa shape index (κ2) is 40.8. The fraction of sp³-hybridized carbons (Fsp3) is 0.631. The quantitative estimate of drug-likeness (QED) is 0.0286. The number of aliphatic hydroxyl groups is 2. The molecule has 0 radical (unpaired) electrons. The third kappa shape index (κ3) is 25.7. The van der Waals surface area contributed by atoms with Crippen molar-refractivity contribution in [3.05, 3.63) is 71.8 Å². The number of primary amides is 1. The Labute approximate surface area is 545 Å². The molecule has 1 fully saturated rings. The highest BCUT2D eigenvalue weighted by Crippen LogP contribution is 2.18. The Hall–Kier alpha value is -8.08. The molecule has 2 aromatic carbocycles. The van der Waals surface area contributed by atoms with E-state index >= 15 is 0 Å². The number of nitrogens with one attached hydrogen (secondary N) is 12. The van der Waals surface area contributed by atoms with Crippen LogP contribution in [0.2, 0.25) is 0 Å². The summed E-state index contributed by atoms with van der Waals surface area (Å²) < 4.78 is 5.78. The first kappa shape index (κ1) is 79.2. The van der Waals surface area contributed by atoms with Gasteiger partial charge in [-0.3, -0.25) is 52.7 Å². The van der Waals surface area contributed by atoms with Crippen molar-refractivity contribution in [3.8, 4) is 0 Å². The number of hydrogen-bond donors (Lipinski definition) is 15. The van der Waals surface area contributed by atoms with Gasteiger partial charge in [0.2, 0.25) is 65.0 Å². The maximum Gasteiger partial charge on any atom is 0.329 e. The lowest BCUT2D eigenvalue weighted by Crippen LogP contribution is -2.63. The van der Waals surface area contributed by atoms with E-state index in [1.165, 1.54) is 13.8 Å². The number of ether oxygens (including phenoxy) is 1. The lowest BCUT2D eigenvalue weighted by atomic mass is 9.94. The van der Waals surface area contributed by atoms with E-state index < -0.39 is 193 Å². The summed E-state index contributed by atoms with van der Waals surface area (Å²) in [6.07, 6.45) is 0.647. The van der Waals surface area contributed by atoms with Crippen LogP contribution in [0, 0.1) is 23.7 Å². The number of unbranched alkanes of at least 4 members (excludes halogenated alkanes) is 1. The van der Waals surface area contributed by atoms with Gasteiger partial charge in [-0.2, -0.15) is 0 Å². The predicted octanol–water partition coefficient (Wildman–Crippen LogP) is -0.975. The minimum absolute atomic E-state index is 0.187. The fourth-order valence-electron chi connectivity index (χ4n) is 10.0. The Morgan fingerprint density at radius 3 is 1.53 bits per heavy atom. The highest BCUT2D eigenvalue weighted by molar-refractivity contribution is 5.99. The second-order valence-corrected chi connectivity index (χ2v) is 24.1. The first-order valence-corrected chi connectivity index (χ1v) is 32.4. The molecule has 11 amide bonds. The Morgan fingerprint density at radius 1 is 0.559 bits per heavy atom. The summed E-state index contributed by atoms with van der Waals surface area (Å²) in [5.41, 5.74) is 7.42. The van der Waals surface area contributed by atoms with Gasteiger partial charge >= 0.3 is 5.97 Å². The molecular weight excluding hydrogens is 1200 g/mol. The van der Waals surface area contributed by atoms with E-state index in [9.17, 15) is 67.7 Å². The summed E-state index contributed by atoms with van der Waals surface area (Å²) in [5.74, 6) is -12.9. The number of nitrogens with two attached hydrogens (primary N) is 1. The van der Waals surface area contributed by atoms with E-state index in [1.807, 2.05) is 60.7 Å². The SMILES string of the molecule is CC[C@H](C)[C@H](NC(=O)[C@@H](Cc1ccccc1)NC)C(=O)N[C@@H](CO)C(=O)N[C@H](CCC(N)=O)C(=O)N[C@@H](C(=O)N[C@H](C(=O)N[C@@H](CO)C(=O)N[C@H]1C(=O)N[C@@H](C)C(=O)N[C@@H](CCCCNCc2ccccc2)C(=O)N[C@@H]([C@@H](C)CC)C(=O)O[C@H]1C)[C@@H](C)CC)[C@@H](C)CC. The van der Waals surface area contributed by atoms with E-state index in [0.717, 1.165) is 11.1 Å². The van der Waals surface area contributed by atoms with Crippen LogP contribution in [0.4, 0.5) is 0 Å². The molecule has 0 aromatic heterocycles. The fourth-order valence-corrected chi connectivity index (χ4v) is 10.0. The molecule has 28 heteroatoms. The number of amides is 11. The minimum atomic E-state index is -1.81. The van der Waals surface area contributed by atoms with Crippen LogP contribution in [0.3, 0.4) is 0 Å². The molecule has 28 nitrogen and oxygen atoms in total. The number of esters is 1. The summed E-state index contributed by atoms with van der Waals surface area (Å²) in [6.45, 7) is 15.5. The van der Waals surface area contributed by atoms with Crippen molar-refractivity contribution in [3.63, 3.8) is 0 Å². The van der Waals surface area contributed by atoms with Gasteiger partial charge in [-0.1, -0.05) is 142 Å². The average Bonchev–Trinajstić information content (AvgIpc) is 2.14. The molecule has 0 spiro atoms. The molecule has 3 rings (SSSR count). The lowest BCUT2D eigenvalue weighted by Gasteiger charge is -2.31. The van der Waals surface area contributed by atoms with E-state index in [2.05, 4.69) is 63.8 Å². The molecule has 0 aliphatic carbocycles. The van der Waals surface area contributed by atoms with Crippen LogP contribution in [0.25, 0.3) is 0 Å². The monoisotopic (exact) mass is 1310 g/mol. The van der Waals surface area contributed by atoms with Crippen LogP contribution in [0.5, 0.6) is 0 Å². The largest absolute Gasteiger partial charge is 0.458 e. The number of carbonyl (C=O) groups excluding carboxylic acids is 12. The third-order valence-corrected chi connectivity index (χ3v) is 17.0. The van der Waals surface area contributed by atoms with Gasteiger partial charge in [0.05, 0.1) is 19.3 Å². The predicted molar refractivity (Wildman–Crippen MR) is 346 cm³/mol. The zero-order valence-corrected chi connectivity index (χ0v) is 55.7. The first-order chi connectivity index (χ1) is 44.2. The molecule has 1 aliphatic rings. The second-order valence-electron chi connectivity index (χ2n) is 24.1. The maximum atomic E-state index is 14.4. The normalized spacial score (nSPS) is 20.6. The van der Waals surface area contributed by atoms with Gasteiger partial charge in [-0.25, -0.2) is 4.79 Å². The number of benzene rings is 2. The van der Waals surface area contributed by atoms with Gasteiger partial charge in [0.1, 0.15) is 66.5 Å². The van der Waals surface area contributed by atoms with Gasteiger partial charge in [0, 0.05) is 13.0 Å². The average molecular weight is 1310 g/mol. The van der Waals surface area contributed by atoms with Crippen molar-refractivity contribution in [2.75, 3.05) is 26.8 Å². The number of carbonyl (C=O) groups is 12. The molecule has 518 valence electrons. The van der Waals surface area contributed by atoms with Crippen LogP contribution in [0.1, 0.15) is 138 Å². The number of hydrogen-bond acceptors (Lipinski definition) is 17. The summed E-state index contributed by atoms with van der Waals surface area (Å²) in [7, 11) is 1.60. The van der Waals surface area contributed by atoms with Crippen molar-refractivity contribution >= 4 is 70.9 Å². The Balaban J connectivity index is 1.82. The maximum absolute atomic E-state index is 14.4. The standard InChI is InChI=1S/C65H103N13O15/c1-12-36(5)50(75-58(85)46(67-11)32-42-24-18-16-19-25-42)61(88)72-47(34-79)59(86)71-45(29-30-49(66)81)57(84)74-52(38(7)14-3)63(90)76-51(37(6)13-2)62(89)73-48(35-80)60(87)78-54-41(10)93-65(92)53(39(8)15-4)77-56(83)44(70-55(82)40(9)69-64(54)91)28-22-23-31-68-33-43-26-20-17-21-27-43/h16-21,24-27,36-41,44-48,50-54,67-68,79-80H,12-15,22-23,28-35H2,1-11H3,(H2,66,81)(H,69,91)(H,70,82)(H,71,86)(H,72,88)(H,73,89)(H,74,84)(H,75,85)(H,76,90)(H,77,83)(H,78,87)/t36-,37-,38-,39-,40-,41-,44-,45+,46+,47-,48-,50-,51-,52+,53-,54+/m0/s1. The van der Waals surface area contributed by atoms with Gasteiger partial charge in [-0.05, 0) is 94.3 Å². The lowest BCUT2D eigenvalue weighted by molar-refractivity contribution is -0.157. The molecule has 0 bridgehead atoms. The Morgan fingerprint density at radius 2 is 1.03 bits per heavy atom. The van der Waals surface area contributed by atoms with Crippen LogP contribution in [-0.2, 0) is 75.2 Å². The van der Waals surface area contributed by atoms with E-state index in [4.69, 9.17) is 10.5 Å². The Kier molecular flexibility index (Phi) is 34.7. The van der Waals surface area contributed by atoms with Gasteiger partial charge < -0.3 is 84.5 Å². The van der Waals surface area contributed by atoms with Crippen LogP contribution in [-0.4, -0.2) is 181 Å². The minimum Gasteiger partial charge on any atom is -0.458 e. The smallest absolute Gasteiger partial charge is 0.329 e. The number of cyclic esters (lactones) is 1. The van der Waals surface area contributed by atoms with Crippen molar-refractivity contribution in [2.24, 2.45) is 29.4 Å². The molecule has 2 aromatic rings. The van der Waals surface area contributed by atoms with Gasteiger partial charge in [0.15, 0.2) is 0 Å².